The van der Waals surface area contributed by atoms with Crippen molar-refractivity contribution in [3.05, 3.63) is 115 Å². The number of H-pyrrole nitrogens is 2. The van der Waals surface area contributed by atoms with Gasteiger partial charge in [-0.15, -0.1) is 0 Å². The van der Waals surface area contributed by atoms with Crippen LogP contribution in [0.25, 0.3) is 56.0 Å². The molecule has 7 rings (SSSR count). The zero-order valence-electron chi connectivity index (χ0n) is 21.3. The Hall–Kier alpha value is -5.28. The zero-order chi connectivity index (χ0) is 26.9. The smallest absolute Gasteiger partial charge is 0.181 e. The van der Waals surface area contributed by atoms with E-state index in [1.807, 2.05) is 36.7 Å². The summed E-state index contributed by atoms with van der Waals surface area (Å²) in [5, 5.41) is 11.7. The van der Waals surface area contributed by atoms with E-state index >= 15 is 0 Å². The number of fused-ring (bicyclic) bond motifs is 2. The summed E-state index contributed by atoms with van der Waals surface area (Å²) in [5.41, 5.74) is 7.72. The van der Waals surface area contributed by atoms with Gasteiger partial charge in [-0.3, -0.25) is 10.1 Å². The van der Waals surface area contributed by atoms with Gasteiger partial charge in [0.15, 0.2) is 17.1 Å². The summed E-state index contributed by atoms with van der Waals surface area (Å²) in [4.78, 5) is 21.4. The number of hydrogen-bond donors (Lipinski definition) is 3. The summed E-state index contributed by atoms with van der Waals surface area (Å²) in [6.45, 7) is 1.47. The molecule has 40 heavy (non-hydrogen) atoms. The van der Waals surface area contributed by atoms with Gasteiger partial charge in [-0.25, -0.2) is 19.3 Å². The molecule has 0 saturated carbocycles. The lowest BCUT2D eigenvalue weighted by molar-refractivity contribution is 0.631. The Labute approximate surface area is 228 Å². The van der Waals surface area contributed by atoms with E-state index in [1.54, 1.807) is 36.7 Å². The van der Waals surface area contributed by atoms with Gasteiger partial charge in [0.1, 0.15) is 11.5 Å². The molecule has 0 amide bonds. The molecule has 7 aromatic rings. The molecule has 9 heteroatoms. The fourth-order valence-electron chi connectivity index (χ4n) is 4.86. The Morgan fingerprint density at radius 1 is 0.750 bits per heavy atom. The van der Waals surface area contributed by atoms with Gasteiger partial charge in [-0.2, -0.15) is 5.10 Å². The van der Waals surface area contributed by atoms with Crippen LogP contribution in [0.2, 0.25) is 0 Å². The van der Waals surface area contributed by atoms with Crippen LogP contribution in [-0.2, 0) is 13.1 Å². The minimum atomic E-state index is -0.307. The Kier molecular flexibility index (Phi) is 6.02. The van der Waals surface area contributed by atoms with Crippen LogP contribution in [0, 0.1) is 5.82 Å². The summed E-state index contributed by atoms with van der Waals surface area (Å²) in [5.74, 6) is 0.239. The number of aromatic amines is 2. The first kappa shape index (κ1) is 23.8. The van der Waals surface area contributed by atoms with E-state index in [4.69, 9.17) is 0 Å². The molecule has 0 aliphatic heterocycles. The number of imidazole rings is 1. The van der Waals surface area contributed by atoms with E-state index in [2.05, 4.69) is 58.6 Å². The van der Waals surface area contributed by atoms with Crippen LogP contribution in [0.1, 0.15) is 11.1 Å². The zero-order valence-corrected chi connectivity index (χ0v) is 21.3. The third kappa shape index (κ3) is 4.48. The second-order valence-electron chi connectivity index (χ2n) is 9.49. The van der Waals surface area contributed by atoms with Crippen molar-refractivity contribution in [2.45, 2.75) is 13.1 Å². The van der Waals surface area contributed by atoms with Crippen molar-refractivity contribution in [2.75, 3.05) is 0 Å². The van der Waals surface area contributed by atoms with Gasteiger partial charge < -0.3 is 10.3 Å². The van der Waals surface area contributed by atoms with E-state index in [9.17, 15) is 4.39 Å². The number of benzene rings is 2. The van der Waals surface area contributed by atoms with Crippen molar-refractivity contribution in [3.8, 4) is 33.8 Å². The monoisotopic (exact) mass is 526 g/mol. The standard InChI is InChI=1S/C31H23FN8/c32-26-9-5-4-8-23(26)24-10-11-35-30-27(24)37-31(38-30)28-25-13-22(18-36-29(25)40-39-28)21-12-20(16-34-17-21)15-33-14-19-6-2-1-3-7-19/h1-13,16-18,33H,14-15H2,(H,35,37,38)(H,36,39,40). The van der Waals surface area contributed by atoms with Gasteiger partial charge in [-0.05, 0) is 35.4 Å². The van der Waals surface area contributed by atoms with Gasteiger partial charge in [0, 0.05) is 60.1 Å². The van der Waals surface area contributed by atoms with E-state index in [1.165, 1.54) is 11.6 Å². The Balaban J connectivity index is 1.21. The number of pyridine rings is 3. The van der Waals surface area contributed by atoms with Gasteiger partial charge in [0.05, 0.1) is 10.9 Å². The van der Waals surface area contributed by atoms with Crippen LogP contribution in [0.15, 0.2) is 97.6 Å². The van der Waals surface area contributed by atoms with Crippen LogP contribution in [0.3, 0.4) is 0 Å². The molecular formula is C31H23FN8. The fourth-order valence-corrected chi connectivity index (χ4v) is 4.86. The Morgan fingerprint density at radius 3 is 2.48 bits per heavy atom. The highest BCUT2D eigenvalue weighted by Gasteiger charge is 2.17. The van der Waals surface area contributed by atoms with Gasteiger partial charge in [-0.1, -0.05) is 48.5 Å². The van der Waals surface area contributed by atoms with Crippen molar-refractivity contribution in [3.63, 3.8) is 0 Å². The van der Waals surface area contributed by atoms with Crippen LogP contribution in [0.5, 0.6) is 0 Å². The molecular weight excluding hydrogens is 503 g/mol. The predicted molar refractivity (Wildman–Crippen MR) is 152 cm³/mol. The van der Waals surface area contributed by atoms with Crippen LogP contribution >= 0.6 is 0 Å². The average molecular weight is 527 g/mol. The van der Waals surface area contributed by atoms with Crippen molar-refractivity contribution >= 4 is 22.2 Å². The van der Waals surface area contributed by atoms with Crippen LogP contribution in [0.4, 0.5) is 4.39 Å². The Morgan fingerprint density at radius 2 is 1.57 bits per heavy atom. The van der Waals surface area contributed by atoms with Gasteiger partial charge in [0.25, 0.3) is 0 Å². The highest BCUT2D eigenvalue weighted by molar-refractivity contribution is 5.96. The molecule has 8 nitrogen and oxygen atoms in total. The third-order valence-corrected chi connectivity index (χ3v) is 6.83. The minimum absolute atomic E-state index is 0.307. The quantitative estimate of drug-likeness (QED) is 0.233. The maximum Gasteiger partial charge on any atom is 0.181 e. The lowest BCUT2D eigenvalue weighted by atomic mass is 10.1. The minimum Gasteiger partial charge on any atom is -0.335 e. The maximum absolute atomic E-state index is 14.6. The molecule has 2 aromatic carbocycles. The number of aromatic nitrogens is 7. The first-order valence-corrected chi connectivity index (χ1v) is 12.9. The molecule has 5 heterocycles. The number of nitrogens with zero attached hydrogens (tertiary/aromatic N) is 5. The van der Waals surface area contributed by atoms with Crippen molar-refractivity contribution in [1.29, 1.82) is 0 Å². The first-order valence-electron chi connectivity index (χ1n) is 12.9. The normalized spacial score (nSPS) is 11.4. The van der Waals surface area contributed by atoms with E-state index < -0.39 is 0 Å². The summed E-state index contributed by atoms with van der Waals surface area (Å²) in [6.07, 6.45) is 7.12. The van der Waals surface area contributed by atoms with Crippen LogP contribution in [-0.4, -0.2) is 35.1 Å². The highest BCUT2D eigenvalue weighted by Crippen LogP contribution is 2.32. The highest BCUT2D eigenvalue weighted by atomic mass is 19.1. The van der Waals surface area contributed by atoms with Crippen molar-refractivity contribution in [1.82, 2.24) is 40.4 Å². The molecule has 0 unspecified atom stereocenters. The second kappa shape index (κ2) is 10.1. The summed E-state index contributed by atoms with van der Waals surface area (Å²) >= 11 is 0. The molecule has 0 saturated heterocycles. The molecule has 0 aliphatic rings. The van der Waals surface area contributed by atoms with E-state index in [0.717, 1.165) is 28.6 Å². The molecule has 5 aromatic heterocycles. The SMILES string of the molecule is Fc1ccccc1-c1ccnc2nc(-c3[nH]nc4ncc(-c5cncc(CNCc6ccccc6)c5)cc34)[nH]c12. The maximum atomic E-state index is 14.6. The molecule has 194 valence electrons. The molecule has 0 bridgehead atoms. The lowest BCUT2D eigenvalue weighted by Gasteiger charge is -2.07. The lowest BCUT2D eigenvalue weighted by Crippen LogP contribution is -2.12. The van der Waals surface area contributed by atoms with Gasteiger partial charge in [0.2, 0.25) is 0 Å². The second-order valence-corrected chi connectivity index (χ2v) is 9.49. The Bertz CT molecular complexity index is 1960. The van der Waals surface area contributed by atoms with Crippen molar-refractivity contribution < 1.29 is 4.39 Å². The summed E-state index contributed by atoms with van der Waals surface area (Å²) < 4.78 is 14.6. The number of nitrogens with one attached hydrogen (secondary N) is 3. The molecule has 3 N–H and O–H groups in total. The third-order valence-electron chi connectivity index (χ3n) is 6.83. The van der Waals surface area contributed by atoms with E-state index in [-0.39, 0.29) is 5.82 Å². The summed E-state index contributed by atoms with van der Waals surface area (Å²) in [7, 11) is 0. The molecule has 0 radical (unpaired) electrons. The van der Waals surface area contributed by atoms with Crippen LogP contribution < -0.4 is 5.32 Å². The topological polar surface area (TPSA) is 108 Å². The number of halogens is 1. The molecule has 0 spiro atoms. The van der Waals surface area contributed by atoms with E-state index in [0.29, 0.717) is 46.0 Å². The van der Waals surface area contributed by atoms with Crippen molar-refractivity contribution in [2.24, 2.45) is 0 Å². The largest absolute Gasteiger partial charge is 0.335 e. The van der Waals surface area contributed by atoms with Gasteiger partial charge >= 0.3 is 0 Å². The first-order chi connectivity index (χ1) is 19.7. The molecule has 0 atom stereocenters. The molecule has 0 aliphatic carbocycles. The number of rotatable bonds is 7. The molecule has 0 fully saturated rings. The summed E-state index contributed by atoms with van der Waals surface area (Å²) in [6, 6.07) is 22.9. The number of hydrogen-bond acceptors (Lipinski definition) is 6. The predicted octanol–water partition coefficient (Wildman–Crippen LogP) is 6.05. The average Bonchev–Trinajstić information content (AvgIpc) is 3.62. The fraction of sp³-hybridized carbons (Fsp3) is 0.0645.